The molecule has 0 amide bonds. The molecule has 5 nitrogen and oxygen atoms in total. The van der Waals surface area contributed by atoms with E-state index < -0.39 is 23.9 Å². The fourth-order valence-corrected chi connectivity index (χ4v) is 3.14. The summed E-state index contributed by atoms with van der Waals surface area (Å²) in [5.41, 5.74) is -0.135. The first-order valence-corrected chi connectivity index (χ1v) is 8.50. The lowest BCUT2D eigenvalue weighted by molar-refractivity contribution is -0.0471. The van der Waals surface area contributed by atoms with Crippen molar-refractivity contribution in [1.29, 1.82) is 0 Å². The number of benzene rings is 1. The molecule has 1 aliphatic rings. The Morgan fingerprint density at radius 1 is 1.20 bits per heavy atom. The molecule has 0 atom stereocenters. The van der Waals surface area contributed by atoms with Gasteiger partial charge in [0.2, 0.25) is 5.88 Å². The van der Waals surface area contributed by atoms with Crippen LogP contribution in [0.4, 0.5) is 8.78 Å². The Kier molecular flexibility index (Phi) is 5.32. The van der Waals surface area contributed by atoms with Crippen molar-refractivity contribution < 1.29 is 23.4 Å². The van der Waals surface area contributed by atoms with Crippen LogP contribution in [0.1, 0.15) is 37.8 Å². The summed E-state index contributed by atoms with van der Waals surface area (Å²) in [6, 6.07) is 4.69. The summed E-state index contributed by atoms with van der Waals surface area (Å²) in [7, 11) is 1.49. The molecule has 7 heteroatoms. The predicted octanol–water partition coefficient (Wildman–Crippen LogP) is 4.03. The molecule has 0 bridgehead atoms. The molecule has 1 aromatic carbocycles. The second-order valence-corrected chi connectivity index (χ2v) is 6.43. The first-order valence-electron chi connectivity index (χ1n) is 8.50. The molecule has 136 valence electrons. The van der Waals surface area contributed by atoms with Gasteiger partial charge in [0.1, 0.15) is 5.75 Å². The number of hydrogen-bond donors (Lipinski definition) is 1. The van der Waals surface area contributed by atoms with Crippen LogP contribution in [0.2, 0.25) is 0 Å². The zero-order valence-corrected chi connectivity index (χ0v) is 14.2. The van der Waals surface area contributed by atoms with E-state index in [0.717, 1.165) is 12.8 Å². The lowest BCUT2D eigenvalue weighted by Gasteiger charge is -2.18. The van der Waals surface area contributed by atoms with Gasteiger partial charge in [0.25, 0.3) is 5.92 Å². The van der Waals surface area contributed by atoms with E-state index in [9.17, 15) is 13.9 Å². The van der Waals surface area contributed by atoms with Crippen molar-refractivity contribution in [3.8, 4) is 11.6 Å². The Morgan fingerprint density at radius 3 is 2.68 bits per heavy atom. The molecule has 0 aliphatic heterocycles. The fourth-order valence-electron chi connectivity index (χ4n) is 3.14. The number of aromatic hydroxyl groups is 1. The van der Waals surface area contributed by atoms with Crippen molar-refractivity contribution in [1.82, 2.24) is 9.97 Å². The highest BCUT2D eigenvalue weighted by Gasteiger charge is 2.37. The minimum absolute atomic E-state index is 0.0781. The monoisotopic (exact) mass is 352 g/mol. The third-order valence-electron chi connectivity index (χ3n) is 4.59. The quantitative estimate of drug-likeness (QED) is 0.762. The van der Waals surface area contributed by atoms with Gasteiger partial charge in [0, 0.05) is 19.1 Å². The Bertz CT molecular complexity index is 734. The van der Waals surface area contributed by atoms with Gasteiger partial charge in [0.15, 0.2) is 5.69 Å². The molecule has 1 aliphatic carbocycles. The highest BCUT2D eigenvalue weighted by Crippen LogP contribution is 2.36. The lowest BCUT2D eigenvalue weighted by Crippen LogP contribution is -2.20. The van der Waals surface area contributed by atoms with Gasteiger partial charge in [0.05, 0.1) is 24.8 Å². The Hall–Kier alpha value is -2.02. The second kappa shape index (κ2) is 7.47. The minimum Gasteiger partial charge on any atom is -0.497 e. The van der Waals surface area contributed by atoms with Crippen LogP contribution >= 0.6 is 0 Å². The van der Waals surface area contributed by atoms with Crippen LogP contribution in [0, 0.1) is 5.92 Å². The van der Waals surface area contributed by atoms with Gasteiger partial charge in [-0.15, -0.1) is 0 Å². The van der Waals surface area contributed by atoms with Crippen LogP contribution < -0.4 is 4.74 Å². The number of nitrogens with zero attached hydrogens (tertiary/aromatic N) is 2. The largest absolute Gasteiger partial charge is 0.497 e. The molecule has 2 aromatic rings. The summed E-state index contributed by atoms with van der Waals surface area (Å²) in [5.74, 6) is -3.07. The molecule has 0 radical (unpaired) electrons. The Balaban J connectivity index is 1.68. The zero-order chi connectivity index (χ0) is 17.9. The SMILES string of the molecule is COc1ccc2nc(C(F)(F)CCOCC3CCCC3)c(O)nc2c1. The van der Waals surface area contributed by atoms with Crippen LogP contribution in [0.25, 0.3) is 11.0 Å². The average Bonchev–Trinajstić information content (AvgIpc) is 3.11. The maximum Gasteiger partial charge on any atom is 0.297 e. The highest BCUT2D eigenvalue weighted by molar-refractivity contribution is 5.76. The number of hydrogen-bond acceptors (Lipinski definition) is 5. The van der Waals surface area contributed by atoms with Gasteiger partial charge >= 0.3 is 0 Å². The topological polar surface area (TPSA) is 64.5 Å². The molecule has 25 heavy (non-hydrogen) atoms. The standard InChI is InChI=1S/C18H22F2N2O3/c1-24-13-6-7-14-15(10-13)22-17(23)16(21-14)18(19,20)8-9-25-11-12-4-2-3-5-12/h6-7,10,12H,2-5,8-9,11H2,1H3,(H,22,23). The van der Waals surface area contributed by atoms with Crippen molar-refractivity contribution in [2.45, 2.75) is 38.0 Å². The first-order chi connectivity index (χ1) is 12.0. The number of rotatable bonds is 7. The van der Waals surface area contributed by atoms with Gasteiger partial charge < -0.3 is 14.6 Å². The molecule has 0 unspecified atom stereocenters. The molecule has 3 rings (SSSR count). The summed E-state index contributed by atoms with van der Waals surface area (Å²) in [6.07, 6.45) is 4.06. The summed E-state index contributed by atoms with van der Waals surface area (Å²) >= 11 is 0. The van der Waals surface area contributed by atoms with Crippen LogP contribution in [0.15, 0.2) is 18.2 Å². The Morgan fingerprint density at radius 2 is 1.96 bits per heavy atom. The summed E-state index contributed by atoms with van der Waals surface area (Å²) < 4.78 is 39.3. The van der Waals surface area contributed by atoms with E-state index in [4.69, 9.17) is 9.47 Å². The third-order valence-corrected chi connectivity index (χ3v) is 4.59. The number of methoxy groups -OCH3 is 1. The third kappa shape index (κ3) is 4.15. The van der Waals surface area contributed by atoms with E-state index in [1.165, 1.54) is 32.1 Å². The van der Waals surface area contributed by atoms with E-state index in [-0.39, 0.29) is 12.1 Å². The molecular weight excluding hydrogens is 330 g/mol. The van der Waals surface area contributed by atoms with Crippen molar-refractivity contribution >= 4 is 11.0 Å². The van der Waals surface area contributed by atoms with Crippen LogP contribution in [-0.2, 0) is 10.7 Å². The Labute approximate surface area is 145 Å². The number of fused-ring (bicyclic) bond motifs is 1. The van der Waals surface area contributed by atoms with Gasteiger partial charge in [-0.2, -0.15) is 8.78 Å². The summed E-state index contributed by atoms with van der Waals surface area (Å²) in [5, 5.41) is 9.90. The molecular formula is C18H22F2N2O3. The number of aromatic nitrogens is 2. The van der Waals surface area contributed by atoms with Gasteiger partial charge in [-0.25, -0.2) is 9.97 Å². The molecule has 0 saturated heterocycles. The molecule has 1 N–H and O–H groups in total. The summed E-state index contributed by atoms with van der Waals surface area (Å²) in [4.78, 5) is 7.74. The average molecular weight is 352 g/mol. The highest BCUT2D eigenvalue weighted by atomic mass is 19.3. The van der Waals surface area contributed by atoms with Gasteiger partial charge in [-0.05, 0) is 30.9 Å². The maximum absolute atomic E-state index is 14.4. The van der Waals surface area contributed by atoms with Crippen molar-refractivity contribution in [3.05, 3.63) is 23.9 Å². The van der Waals surface area contributed by atoms with E-state index in [1.807, 2.05) is 0 Å². The van der Waals surface area contributed by atoms with Gasteiger partial charge in [-0.1, -0.05) is 12.8 Å². The van der Waals surface area contributed by atoms with Crippen LogP contribution in [0.3, 0.4) is 0 Å². The molecule has 1 fully saturated rings. The molecule has 0 spiro atoms. The summed E-state index contributed by atoms with van der Waals surface area (Å²) in [6.45, 7) is 0.441. The van der Waals surface area contributed by atoms with Crippen molar-refractivity contribution in [2.24, 2.45) is 5.92 Å². The maximum atomic E-state index is 14.4. The number of ether oxygens (including phenoxy) is 2. The van der Waals surface area contributed by atoms with Gasteiger partial charge in [-0.3, -0.25) is 0 Å². The lowest BCUT2D eigenvalue weighted by atomic mass is 10.1. The van der Waals surface area contributed by atoms with E-state index in [1.54, 1.807) is 6.07 Å². The molecule has 1 saturated carbocycles. The normalized spacial score (nSPS) is 15.8. The molecule has 1 heterocycles. The van der Waals surface area contributed by atoms with Crippen molar-refractivity contribution in [3.63, 3.8) is 0 Å². The van der Waals surface area contributed by atoms with E-state index in [2.05, 4.69) is 9.97 Å². The molecule has 1 aromatic heterocycles. The second-order valence-electron chi connectivity index (χ2n) is 6.43. The van der Waals surface area contributed by atoms with E-state index >= 15 is 0 Å². The van der Waals surface area contributed by atoms with Crippen molar-refractivity contribution in [2.75, 3.05) is 20.3 Å². The van der Waals surface area contributed by atoms with Crippen LogP contribution in [0.5, 0.6) is 11.6 Å². The minimum atomic E-state index is -3.30. The van der Waals surface area contributed by atoms with Crippen LogP contribution in [-0.4, -0.2) is 35.4 Å². The predicted molar refractivity (Wildman–Crippen MR) is 89.0 cm³/mol. The zero-order valence-electron chi connectivity index (χ0n) is 14.2. The number of halogens is 2. The fraction of sp³-hybridized carbons (Fsp3) is 0.556. The van der Waals surface area contributed by atoms with E-state index in [0.29, 0.717) is 23.8 Å². The smallest absolute Gasteiger partial charge is 0.297 e. The first kappa shape index (κ1) is 17.8. The number of alkyl halides is 2.